The number of nitrogens with zero attached hydrogens (tertiary/aromatic N) is 3. The summed E-state index contributed by atoms with van der Waals surface area (Å²) in [5.41, 5.74) is 1.50. The van der Waals surface area contributed by atoms with Crippen LogP contribution in [-0.4, -0.2) is 38.3 Å². The summed E-state index contributed by atoms with van der Waals surface area (Å²) in [6.45, 7) is 2.91. The molecule has 6 heteroatoms. The number of aromatic nitrogens is 3. The smallest absolute Gasteiger partial charge is 0.272 e. The number of thioether (sulfide) groups is 1. The molecule has 0 aliphatic carbocycles. The van der Waals surface area contributed by atoms with E-state index in [2.05, 4.69) is 45.3 Å². The highest BCUT2D eigenvalue weighted by molar-refractivity contribution is 7.99. The van der Waals surface area contributed by atoms with Gasteiger partial charge in [-0.15, -0.1) is 11.8 Å². The fourth-order valence-corrected chi connectivity index (χ4v) is 4.26. The van der Waals surface area contributed by atoms with Crippen LogP contribution in [0.2, 0.25) is 0 Å². The minimum atomic E-state index is -0.0459. The molecular weight excluding hydrogens is 320 g/mol. The van der Waals surface area contributed by atoms with Crippen LogP contribution >= 0.6 is 11.8 Å². The van der Waals surface area contributed by atoms with Crippen molar-refractivity contribution in [1.29, 1.82) is 0 Å². The van der Waals surface area contributed by atoms with Gasteiger partial charge < -0.3 is 0 Å². The fourth-order valence-electron chi connectivity index (χ4n) is 3.21. The van der Waals surface area contributed by atoms with Crippen molar-refractivity contribution in [3.8, 4) is 0 Å². The van der Waals surface area contributed by atoms with Gasteiger partial charge >= 0.3 is 0 Å². The summed E-state index contributed by atoms with van der Waals surface area (Å²) in [6.07, 6.45) is 2.95. The van der Waals surface area contributed by atoms with Crippen LogP contribution in [0.15, 0.2) is 58.4 Å². The third-order valence-electron chi connectivity index (χ3n) is 4.42. The van der Waals surface area contributed by atoms with Crippen LogP contribution < -0.4 is 5.56 Å². The molecule has 0 unspecified atom stereocenters. The molecule has 1 aliphatic heterocycles. The van der Waals surface area contributed by atoms with Gasteiger partial charge in [0.2, 0.25) is 0 Å². The summed E-state index contributed by atoms with van der Waals surface area (Å²) in [5, 5.41) is 2.87. The van der Waals surface area contributed by atoms with E-state index in [4.69, 9.17) is 0 Å². The molecule has 0 spiro atoms. The van der Waals surface area contributed by atoms with Gasteiger partial charge in [0.05, 0.1) is 5.69 Å². The van der Waals surface area contributed by atoms with E-state index in [1.165, 1.54) is 15.8 Å². The molecule has 0 bridgehead atoms. The number of H-pyrrole nitrogens is 1. The minimum absolute atomic E-state index is 0.0459. The summed E-state index contributed by atoms with van der Waals surface area (Å²) >= 11 is 1.93. The molecule has 1 atom stereocenters. The Morgan fingerprint density at radius 3 is 3.00 bits per heavy atom. The molecule has 1 N–H and O–H groups in total. The van der Waals surface area contributed by atoms with Gasteiger partial charge in [0.15, 0.2) is 5.65 Å². The zero-order chi connectivity index (χ0) is 16.4. The summed E-state index contributed by atoms with van der Waals surface area (Å²) in [6, 6.07) is 14.0. The van der Waals surface area contributed by atoms with E-state index >= 15 is 0 Å². The molecule has 1 aliphatic rings. The highest BCUT2D eigenvalue weighted by atomic mass is 32.2. The number of fused-ring (bicyclic) bond motifs is 1. The van der Waals surface area contributed by atoms with Gasteiger partial charge in [-0.25, -0.2) is 9.50 Å². The molecule has 3 aromatic rings. The van der Waals surface area contributed by atoms with E-state index in [1.807, 2.05) is 17.8 Å². The first-order valence-electron chi connectivity index (χ1n) is 8.24. The summed E-state index contributed by atoms with van der Waals surface area (Å²) in [5.74, 6) is 1.85. The molecule has 3 heterocycles. The van der Waals surface area contributed by atoms with Crippen LogP contribution in [0.4, 0.5) is 0 Å². The Morgan fingerprint density at radius 2 is 2.12 bits per heavy atom. The van der Waals surface area contributed by atoms with Gasteiger partial charge in [-0.1, -0.05) is 18.2 Å². The zero-order valence-corrected chi connectivity index (χ0v) is 14.2. The lowest BCUT2D eigenvalue weighted by Gasteiger charge is -2.15. The van der Waals surface area contributed by atoms with Crippen molar-refractivity contribution in [2.24, 2.45) is 5.92 Å². The number of aromatic amines is 1. The van der Waals surface area contributed by atoms with Crippen LogP contribution in [-0.2, 0) is 6.54 Å². The maximum absolute atomic E-state index is 12.0. The second kappa shape index (κ2) is 6.83. The Hall–Kier alpha value is -2.05. The molecule has 24 heavy (non-hydrogen) atoms. The number of nitrogens with one attached hydrogen (secondary N) is 1. The lowest BCUT2D eigenvalue weighted by Crippen LogP contribution is -2.23. The Labute approximate surface area is 144 Å². The average Bonchev–Trinajstić information content (AvgIpc) is 3.23. The Morgan fingerprint density at radius 1 is 1.25 bits per heavy atom. The number of likely N-dealkylation sites (tertiary alicyclic amines) is 1. The Kier molecular flexibility index (Phi) is 4.40. The van der Waals surface area contributed by atoms with Crippen molar-refractivity contribution in [1.82, 2.24) is 19.5 Å². The average molecular weight is 340 g/mol. The molecule has 1 aromatic carbocycles. The second-order valence-corrected chi connectivity index (χ2v) is 7.35. The maximum atomic E-state index is 12.0. The Bertz CT molecular complexity index is 873. The van der Waals surface area contributed by atoms with Crippen LogP contribution in [0.3, 0.4) is 0 Å². The van der Waals surface area contributed by atoms with Crippen molar-refractivity contribution < 1.29 is 0 Å². The first-order chi connectivity index (χ1) is 11.8. The van der Waals surface area contributed by atoms with E-state index in [-0.39, 0.29) is 5.56 Å². The van der Waals surface area contributed by atoms with E-state index < -0.39 is 0 Å². The fraction of sp³-hybridized carbons (Fsp3) is 0.333. The van der Waals surface area contributed by atoms with E-state index in [0.717, 1.165) is 31.1 Å². The van der Waals surface area contributed by atoms with E-state index in [1.54, 1.807) is 12.3 Å². The van der Waals surface area contributed by atoms with Gasteiger partial charge in [-0.3, -0.25) is 14.8 Å². The highest BCUT2D eigenvalue weighted by Crippen LogP contribution is 2.26. The van der Waals surface area contributed by atoms with Crippen LogP contribution in [0.1, 0.15) is 12.1 Å². The lowest BCUT2D eigenvalue weighted by atomic mass is 10.2. The predicted octanol–water partition coefficient (Wildman–Crippen LogP) is 2.64. The van der Waals surface area contributed by atoms with E-state index in [9.17, 15) is 4.79 Å². The lowest BCUT2D eigenvalue weighted by molar-refractivity contribution is 0.317. The molecule has 1 saturated heterocycles. The first kappa shape index (κ1) is 15.5. The number of benzene rings is 1. The molecule has 4 rings (SSSR count). The van der Waals surface area contributed by atoms with Crippen molar-refractivity contribution in [3.05, 3.63) is 64.7 Å². The first-order valence-corrected chi connectivity index (χ1v) is 9.23. The Balaban J connectivity index is 1.35. The number of hydrogen-bond donors (Lipinski definition) is 1. The molecule has 124 valence electrons. The summed E-state index contributed by atoms with van der Waals surface area (Å²) in [7, 11) is 0. The second-order valence-electron chi connectivity index (χ2n) is 6.26. The van der Waals surface area contributed by atoms with Crippen LogP contribution in [0.25, 0.3) is 5.65 Å². The molecular formula is C18H20N4OS. The normalized spacial score (nSPS) is 18.4. The molecule has 0 amide bonds. The third-order valence-corrected chi connectivity index (χ3v) is 5.66. The number of rotatable bonds is 5. The van der Waals surface area contributed by atoms with Crippen molar-refractivity contribution in [2.45, 2.75) is 17.9 Å². The molecule has 0 saturated carbocycles. The number of hydrogen-bond acceptors (Lipinski definition) is 4. The predicted molar refractivity (Wildman–Crippen MR) is 96.4 cm³/mol. The maximum Gasteiger partial charge on any atom is 0.272 e. The van der Waals surface area contributed by atoms with Crippen LogP contribution in [0.5, 0.6) is 0 Å². The molecule has 5 nitrogen and oxygen atoms in total. The third kappa shape index (κ3) is 3.39. The summed E-state index contributed by atoms with van der Waals surface area (Å²) < 4.78 is 1.47. The van der Waals surface area contributed by atoms with Gasteiger partial charge in [0, 0.05) is 42.1 Å². The van der Waals surface area contributed by atoms with Gasteiger partial charge in [0.25, 0.3) is 5.56 Å². The monoisotopic (exact) mass is 340 g/mol. The standard InChI is InChI=1S/C18H20N4OS/c23-18-10-15(20-17-6-8-19-22(17)18)12-21-9-7-14(11-21)13-24-16-4-2-1-3-5-16/h1-6,8,10,14,19H,7,9,11-13H2/t14-/m0/s1. The molecule has 0 radical (unpaired) electrons. The van der Waals surface area contributed by atoms with Crippen molar-refractivity contribution in [2.75, 3.05) is 18.8 Å². The van der Waals surface area contributed by atoms with Gasteiger partial charge in [-0.2, -0.15) is 0 Å². The molecule has 1 fully saturated rings. The zero-order valence-electron chi connectivity index (χ0n) is 13.4. The van der Waals surface area contributed by atoms with E-state index in [0.29, 0.717) is 11.6 Å². The van der Waals surface area contributed by atoms with Crippen LogP contribution in [0, 0.1) is 5.92 Å². The largest absolute Gasteiger partial charge is 0.297 e. The minimum Gasteiger partial charge on any atom is -0.297 e. The topological polar surface area (TPSA) is 53.4 Å². The quantitative estimate of drug-likeness (QED) is 0.726. The van der Waals surface area contributed by atoms with Crippen molar-refractivity contribution in [3.63, 3.8) is 0 Å². The van der Waals surface area contributed by atoms with Gasteiger partial charge in [0.1, 0.15) is 0 Å². The highest BCUT2D eigenvalue weighted by Gasteiger charge is 2.23. The summed E-state index contributed by atoms with van der Waals surface area (Å²) in [4.78, 5) is 20.3. The van der Waals surface area contributed by atoms with Gasteiger partial charge in [-0.05, 0) is 31.0 Å². The molecule has 2 aromatic heterocycles. The van der Waals surface area contributed by atoms with Crippen molar-refractivity contribution >= 4 is 17.4 Å². The SMILES string of the molecule is O=c1cc(CN2CC[C@H](CSc3ccccc3)C2)nc2cc[nH]n12.